The van der Waals surface area contributed by atoms with Crippen LogP contribution in [-0.4, -0.2) is 42.0 Å². The zero-order chi connectivity index (χ0) is 17.8. The first-order valence-corrected chi connectivity index (χ1v) is 8.60. The Hall–Kier alpha value is -2.40. The van der Waals surface area contributed by atoms with Crippen molar-refractivity contribution in [3.8, 4) is 0 Å². The molecule has 1 aliphatic rings. The molecule has 0 spiro atoms. The highest BCUT2D eigenvalue weighted by Crippen LogP contribution is 2.15. The number of aryl methyl sites for hydroxylation is 2. The average Bonchev–Trinajstić information content (AvgIpc) is 2.56. The Morgan fingerprint density at radius 1 is 1.00 bits per heavy atom. The number of carbonyl (C=O) groups is 1. The molecule has 132 valence electrons. The fourth-order valence-electron chi connectivity index (χ4n) is 3.21. The standard InChI is InChI=1S/C20H24FN3O/c1-15-11-16(2)13-19(12-15)22-20(25)24-9-7-23(8-10-24)14-17-3-5-18(21)6-4-17/h3-6,11-13H,7-10,14H2,1-2H3,(H,22,25). The summed E-state index contributed by atoms with van der Waals surface area (Å²) in [5.41, 5.74) is 4.21. The number of anilines is 1. The molecule has 25 heavy (non-hydrogen) atoms. The number of hydrogen-bond donors (Lipinski definition) is 1. The molecule has 4 nitrogen and oxygen atoms in total. The number of piperazine rings is 1. The molecule has 1 N–H and O–H groups in total. The van der Waals surface area contributed by atoms with Gasteiger partial charge in [0.1, 0.15) is 5.82 Å². The molecular formula is C20H24FN3O. The van der Waals surface area contributed by atoms with Gasteiger partial charge in [-0.05, 0) is 54.8 Å². The van der Waals surface area contributed by atoms with Crippen molar-refractivity contribution < 1.29 is 9.18 Å². The van der Waals surface area contributed by atoms with Crippen LogP contribution in [0.5, 0.6) is 0 Å². The van der Waals surface area contributed by atoms with Crippen molar-refractivity contribution in [2.45, 2.75) is 20.4 Å². The molecule has 0 saturated carbocycles. The van der Waals surface area contributed by atoms with E-state index in [-0.39, 0.29) is 11.8 Å². The van der Waals surface area contributed by atoms with Gasteiger partial charge in [0.15, 0.2) is 0 Å². The Morgan fingerprint density at radius 2 is 1.60 bits per heavy atom. The van der Waals surface area contributed by atoms with Crippen LogP contribution in [-0.2, 0) is 6.54 Å². The SMILES string of the molecule is Cc1cc(C)cc(NC(=O)N2CCN(Cc3ccc(F)cc3)CC2)c1. The predicted molar refractivity (Wildman–Crippen MR) is 98.2 cm³/mol. The lowest BCUT2D eigenvalue weighted by molar-refractivity contribution is 0.143. The van der Waals surface area contributed by atoms with Crippen LogP contribution in [0.2, 0.25) is 0 Å². The first kappa shape index (κ1) is 17.4. The quantitative estimate of drug-likeness (QED) is 0.922. The van der Waals surface area contributed by atoms with E-state index in [1.54, 1.807) is 0 Å². The minimum atomic E-state index is -0.211. The summed E-state index contributed by atoms with van der Waals surface area (Å²) < 4.78 is 13.0. The summed E-state index contributed by atoms with van der Waals surface area (Å²) in [6, 6.07) is 12.6. The maximum absolute atomic E-state index is 13.0. The number of amides is 2. The van der Waals surface area contributed by atoms with E-state index in [1.165, 1.54) is 12.1 Å². The number of halogens is 1. The maximum atomic E-state index is 13.0. The Kier molecular flexibility index (Phi) is 5.34. The highest BCUT2D eigenvalue weighted by molar-refractivity contribution is 5.89. The topological polar surface area (TPSA) is 35.6 Å². The van der Waals surface area contributed by atoms with E-state index in [0.717, 1.165) is 42.0 Å². The Balaban J connectivity index is 1.51. The Bertz CT molecular complexity index is 717. The lowest BCUT2D eigenvalue weighted by atomic mass is 10.1. The third kappa shape index (κ3) is 4.79. The summed E-state index contributed by atoms with van der Waals surface area (Å²) in [6.45, 7) is 7.85. The van der Waals surface area contributed by atoms with E-state index in [1.807, 2.05) is 43.0 Å². The van der Waals surface area contributed by atoms with Crippen LogP contribution < -0.4 is 5.32 Å². The lowest BCUT2D eigenvalue weighted by Crippen LogP contribution is -2.49. The Labute approximate surface area is 148 Å². The van der Waals surface area contributed by atoms with Gasteiger partial charge in [-0.2, -0.15) is 0 Å². The molecule has 0 aromatic heterocycles. The number of nitrogens with zero attached hydrogens (tertiary/aromatic N) is 2. The van der Waals surface area contributed by atoms with Crippen molar-refractivity contribution in [3.63, 3.8) is 0 Å². The van der Waals surface area contributed by atoms with Gasteiger partial charge in [0.05, 0.1) is 0 Å². The molecule has 0 aliphatic carbocycles. The Morgan fingerprint density at radius 3 is 2.20 bits per heavy atom. The van der Waals surface area contributed by atoms with Gasteiger partial charge < -0.3 is 10.2 Å². The smallest absolute Gasteiger partial charge is 0.321 e. The first-order chi connectivity index (χ1) is 12.0. The normalized spacial score (nSPS) is 15.2. The van der Waals surface area contributed by atoms with E-state index in [2.05, 4.69) is 16.3 Å². The molecule has 0 unspecified atom stereocenters. The van der Waals surface area contributed by atoms with Gasteiger partial charge in [0.25, 0.3) is 0 Å². The van der Waals surface area contributed by atoms with Crippen molar-refractivity contribution in [1.29, 1.82) is 0 Å². The molecule has 3 rings (SSSR count). The summed E-state index contributed by atoms with van der Waals surface area (Å²) in [6.07, 6.45) is 0. The molecule has 1 aliphatic heterocycles. The van der Waals surface area contributed by atoms with Crippen LogP contribution in [0.15, 0.2) is 42.5 Å². The molecule has 2 aromatic rings. The summed E-state index contributed by atoms with van der Waals surface area (Å²) in [7, 11) is 0. The van der Waals surface area contributed by atoms with Gasteiger partial charge in [-0.3, -0.25) is 4.90 Å². The fraction of sp³-hybridized carbons (Fsp3) is 0.350. The van der Waals surface area contributed by atoms with Gasteiger partial charge in [-0.1, -0.05) is 18.2 Å². The third-order valence-corrected chi connectivity index (χ3v) is 4.45. The van der Waals surface area contributed by atoms with Crippen LogP contribution in [0.4, 0.5) is 14.9 Å². The van der Waals surface area contributed by atoms with Crippen molar-refractivity contribution in [2.75, 3.05) is 31.5 Å². The van der Waals surface area contributed by atoms with Crippen LogP contribution in [0, 0.1) is 19.7 Å². The summed E-state index contributed by atoms with van der Waals surface area (Å²) in [4.78, 5) is 16.6. The second-order valence-electron chi connectivity index (χ2n) is 6.70. The molecule has 1 heterocycles. The second kappa shape index (κ2) is 7.66. The number of benzene rings is 2. The molecule has 1 saturated heterocycles. The van der Waals surface area contributed by atoms with Gasteiger partial charge in [-0.15, -0.1) is 0 Å². The maximum Gasteiger partial charge on any atom is 0.321 e. The van der Waals surface area contributed by atoms with Gasteiger partial charge in [-0.25, -0.2) is 9.18 Å². The fourth-order valence-corrected chi connectivity index (χ4v) is 3.21. The molecule has 5 heteroatoms. The highest BCUT2D eigenvalue weighted by Gasteiger charge is 2.21. The van der Waals surface area contributed by atoms with Gasteiger partial charge in [0.2, 0.25) is 0 Å². The number of rotatable bonds is 3. The van der Waals surface area contributed by atoms with Crippen molar-refractivity contribution >= 4 is 11.7 Å². The second-order valence-corrected chi connectivity index (χ2v) is 6.70. The molecule has 1 fully saturated rings. The van der Waals surface area contributed by atoms with E-state index in [4.69, 9.17) is 0 Å². The first-order valence-electron chi connectivity index (χ1n) is 8.60. The van der Waals surface area contributed by atoms with Crippen molar-refractivity contribution in [1.82, 2.24) is 9.80 Å². The number of nitrogens with one attached hydrogen (secondary N) is 1. The molecule has 2 aromatic carbocycles. The van der Waals surface area contributed by atoms with E-state index in [0.29, 0.717) is 13.1 Å². The highest BCUT2D eigenvalue weighted by atomic mass is 19.1. The summed E-state index contributed by atoms with van der Waals surface area (Å²) in [5, 5.41) is 2.99. The molecular weight excluding hydrogens is 317 g/mol. The largest absolute Gasteiger partial charge is 0.322 e. The van der Waals surface area contributed by atoms with E-state index in [9.17, 15) is 9.18 Å². The van der Waals surface area contributed by atoms with Crippen LogP contribution >= 0.6 is 0 Å². The monoisotopic (exact) mass is 341 g/mol. The number of urea groups is 1. The lowest BCUT2D eigenvalue weighted by Gasteiger charge is -2.34. The zero-order valence-corrected chi connectivity index (χ0v) is 14.8. The molecule has 0 atom stereocenters. The number of hydrogen-bond acceptors (Lipinski definition) is 2. The third-order valence-electron chi connectivity index (χ3n) is 4.45. The minimum absolute atomic E-state index is 0.0496. The molecule has 0 radical (unpaired) electrons. The van der Waals surface area contributed by atoms with Crippen LogP contribution in [0.1, 0.15) is 16.7 Å². The van der Waals surface area contributed by atoms with E-state index >= 15 is 0 Å². The van der Waals surface area contributed by atoms with Crippen LogP contribution in [0.3, 0.4) is 0 Å². The zero-order valence-electron chi connectivity index (χ0n) is 14.8. The average molecular weight is 341 g/mol. The van der Waals surface area contributed by atoms with Crippen molar-refractivity contribution in [3.05, 3.63) is 65.0 Å². The molecule has 0 bridgehead atoms. The number of carbonyl (C=O) groups excluding carboxylic acids is 1. The van der Waals surface area contributed by atoms with Crippen LogP contribution in [0.25, 0.3) is 0 Å². The van der Waals surface area contributed by atoms with Gasteiger partial charge >= 0.3 is 6.03 Å². The predicted octanol–water partition coefficient (Wildman–Crippen LogP) is 3.79. The molecule has 2 amide bonds. The summed E-state index contributed by atoms with van der Waals surface area (Å²) in [5.74, 6) is -0.211. The van der Waals surface area contributed by atoms with Crippen molar-refractivity contribution in [2.24, 2.45) is 0 Å². The summed E-state index contributed by atoms with van der Waals surface area (Å²) >= 11 is 0. The van der Waals surface area contributed by atoms with E-state index < -0.39 is 0 Å². The van der Waals surface area contributed by atoms with Gasteiger partial charge in [0, 0.05) is 38.4 Å². The minimum Gasteiger partial charge on any atom is -0.322 e.